The predicted molar refractivity (Wildman–Crippen MR) is 107 cm³/mol. The van der Waals surface area contributed by atoms with Gasteiger partial charge in [0.15, 0.2) is 0 Å². The van der Waals surface area contributed by atoms with Gasteiger partial charge in [0, 0.05) is 37.1 Å². The number of pyridine rings is 2. The molecule has 2 atom stereocenters. The first-order valence-corrected chi connectivity index (χ1v) is 9.76. The Bertz CT molecular complexity index is 727. The van der Waals surface area contributed by atoms with Crippen LogP contribution in [-0.4, -0.2) is 33.9 Å². The zero-order chi connectivity index (χ0) is 19.3. The van der Waals surface area contributed by atoms with Crippen LogP contribution in [-0.2, 0) is 11.3 Å². The van der Waals surface area contributed by atoms with Gasteiger partial charge >= 0.3 is 0 Å². The second-order valence-electron chi connectivity index (χ2n) is 8.45. The topological polar surface area (TPSA) is 58.1 Å². The summed E-state index contributed by atoms with van der Waals surface area (Å²) in [5.41, 5.74) is 1.81. The maximum Gasteiger partial charge on any atom is 0.225 e. The highest BCUT2D eigenvalue weighted by atomic mass is 16.2. The molecule has 1 aliphatic heterocycles. The quantitative estimate of drug-likeness (QED) is 0.878. The van der Waals surface area contributed by atoms with Crippen LogP contribution in [0.15, 0.2) is 48.9 Å². The Labute approximate surface area is 162 Å². The van der Waals surface area contributed by atoms with E-state index in [9.17, 15) is 4.79 Å². The van der Waals surface area contributed by atoms with E-state index in [0.29, 0.717) is 5.92 Å². The number of hydrogen-bond donors (Lipinski definition) is 1. The summed E-state index contributed by atoms with van der Waals surface area (Å²) in [5, 5.41) is 3.29. The molecule has 1 aliphatic rings. The van der Waals surface area contributed by atoms with Gasteiger partial charge in [0.25, 0.3) is 0 Å². The van der Waals surface area contributed by atoms with Gasteiger partial charge in [-0.3, -0.25) is 19.7 Å². The van der Waals surface area contributed by atoms with E-state index in [-0.39, 0.29) is 11.9 Å². The number of carbonyl (C=O) groups is 1. The highest BCUT2D eigenvalue weighted by Crippen LogP contribution is 2.30. The van der Waals surface area contributed by atoms with Crippen LogP contribution in [0.3, 0.4) is 0 Å². The van der Waals surface area contributed by atoms with E-state index in [1.165, 1.54) is 5.56 Å². The summed E-state index contributed by atoms with van der Waals surface area (Å²) in [5.74, 6) is 0.422. The third kappa shape index (κ3) is 5.36. The molecule has 0 aliphatic carbocycles. The largest absolute Gasteiger partial charge is 0.347 e. The van der Waals surface area contributed by atoms with Crippen molar-refractivity contribution in [1.82, 2.24) is 20.2 Å². The van der Waals surface area contributed by atoms with E-state index in [1.807, 2.05) is 57.6 Å². The molecule has 27 heavy (non-hydrogen) atoms. The minimum absolute atomic E-state index is 0.0573. The van der Waals surface area contributed by atoms with Crippen LogP contribution in [0.5, 0.6) is 0 Å². The third-order valence-electron chi connectivity index (χ3n) is 5.14. The molecule has 3 rings (SSSR count). The monoisotopic (exact) mass is 366 g/mol. The first-order valence-electron chi connectivity index (χ1n) is 9.76. The molecular formula is C22H30N4O. The minimum atomic E-state index is -0.418. The summed E-state index contributed by atoms with van der Waals surface area (Å²) in [4.78, 5) is 23.8. The number of rotatable bonds is 5. The van der Waals surface area contributed by atoms with E-state index in [2.05, 4.69) is 32.3 Å². The van der Waals surface area contributed by atoms with E-state index < -0.39 is 5.41 Å². The molecule has 5 heteroatoms. The molecule has 3 heterocycles. The number of piperidine rings is 1. The number of amides is 1. The Hall–Kier alpha value is -2.27. The van der Waals surface area contributed by atoms with Gasteiger partial charge in [-0.15, -0.1) is 0 Å². The summed E-state index contributed by atoms with van der Waals surface area (Å²) in [6.07, 6.45) is 7.72. The molecule has 1 fully saturated rings. The van der Waals surface area contributed by atoms with Crippen molar-refractivity contribution in [2.75, 3.05) is 13.1 Å². The Kier molecular flexibility index (Phi) is 6.22. The lowest BCUT2D eigenvalue weighted by Gasteiger charge is -2.38. The van der Waals surface area contributed by atoms with Crippen LogP contribution < -0.4 is 5.32 Å². The fraction of sp³-hybridized carbons (Fsp3) is 0.500. The SMILES string of the molecule is CC(C)(C)C(=O)NC(c1ccccn1)C1CCCN(Cc2ccncc2)C1. The average Bonchev–Trinajstić information content (AvgIpc) is 2.67. The first kappa shape index (κ1) is 19.5. The molecule has 0 aromatic carbocycles. The van der Waals surface area contributed by atoms with Gasteiger partial charge in [-0.25, -0.2) is 0 Å². The lowest BCUT2D eigenvalue weighted by molar-refractivity contribution is -0.130. The van der Waals surface area contributed by atoms with Gasteiger partial charge in [0.05, 0.1) is 11.7 Å². The minimum Gasteiger partial charge on any atom is -0.347 e. The lowest BCUT2D eigenvalue weighted by atomic mass is 9.86. The molecule has 5 nitrogen and oxygen atoms in total. The zero-order valence-electron chi connectivity index (χ0n) is 16.6. The van der Waals surface area contributed by atoms with Crippen molar-refractivity contribution in [1.29, 1.82) is 0 Å². The lowest BCUT2D eigenvalue weighted by Crippen LogP contribution is -2.45. The van der Waals surface area contributed by atoms with Crippen LogP contribution in [0.2, 0.25) is 0 Å². The Morgan fingerprint density at radius 1 is 1.22 bits per heavy atom. The Balaban J connectivity index is 1.76. The van der Waals surface area contributed by atoms with E-state index in [1.54, 1.807) is 0 Å². The number of nitrogens with zero attached hydrogens (tertiary/aromatic N) is 3. The molecule has 0 saturated carbocycles. The standard InChI is InChI=1S/C22H30N4O/c1-22(2,3)21(27)25-20(19-8-4-5-11-24-19)18-7-6-14-26(16-18)15-17-9-12-23-13-10-17/h4-5,8-13,18,20H,6-7,14-16H2,1-3H3,(H,25,27). The molecule has 0 radical (unpaired) electrons. The zero-order valence-corrected chi connectivity index (χ0v) is 16.6. The van der Waals surface area contributed by atoms with E-state index in [4.69, 9.17) is 0 Å². The van der Waals surface area contributed by atoms with Crippen LogP contribution in [0.4, 0.5) is 0 Å². The van der Waals surface area contributed by atoms with E-state index >= 15 is 0 Å². The molecule has 2 aromatic rings. The molecule has 1 saturated heterocycles. The molecule has 0 spiro atoms. The fourth-order valence-electron chi connectivity index (χ4n) is 3.60. The molecular weight excluding hydrogens is 336 g/mol. The van der Waals surface area contributed by atoms with Gasteiger partial charge in [-0.05, 0) is 55.1 Å². The molecule has 2 aromatic heterocycles. The normalized spacial score (nSPS) is 19.4. The number of carbonyl (C=O) groups excluding carboxylic acids is 1. The van der Waals surface area contributed by atoms with Gasteiger partial charge in [-0.2, -0.15) is 0 Å². The third-order valence-corrected chi connectivity index (χ3v) is 5.14. The van der Waals surface area contributed by atoms with Crippen molar-refractivity contribution in [2.45, 2.75) is 46.2 Å². The van der Waals surface area contributed by atoms with Gasteiger partial charge in [0.1, 0.15) is 0 Å². The molecule has 144 valence electrons. The summed E-state index contributed by atoms with van der Waals surface area (Å²) in [6, 6.07) is 10.0. The predicted octanol–water partition coefficient (Wildman–Crippen LogP) is 3.59. The maximum absolute atomic E-state index is 12.7. The summed E-state index contributed by atoms with van der Waals surface area (Å²) >= 11 is 0. The summed E-state index contributed by atoms with van der Waals surface area (Å²) < 4.78 is 0. The van der Waals surface area contributed by atoms with Crippen LogP contribution in [0, 0.1) is 11.3 Å². The van der Waals surface area contributed by atoms with E-state index in [0.717, 1.165) is 38.2 Å². The fourth-order valence-corrected chi connectivity index (χ4v) is 3.60. The van der Waals surface area contributed by atoms with Crippen molar-refractivity contribution in [2.24, 2.45) is 11.3 Å². The Morgan fingerprint density at radius 2 is 2.00 bits per heavy atom. The van der Waals surface area contributed by atoms with Crippen molar-refractivity contribution in [3.8, 4) is 0 Å². The van der Waals surface area contributed by atoms with Crippen LogP contribution in [0.1, 0.15) is 50.9 Å². The molecule has 0 bridgehead atoms. The summed E-state index contributed by atoms with van der Waals surface area (Å²) in [7, 11) is 0. The van der Waals surface area contributed by atoms with Crippen molar-refractivity contribution < 1.29 is 4.79 Å². The Morgan fingerprint density at radius 3 is 2.67 bits per heavy atom. The highest BCUT2D eigenvalue weighted by Gasteiger charge is 2.33. The van der Waals surface area contributed by atoms with Gasteiger partial charge in [0.2, 0.25) is 5.91 Å². The van der Waals surface area contributed by atoms with Crippen LogP contribution >= 0.6 is 0 Å². The number of hydrogen-bond acceptors (Lipinski definition) is 4. The van der Waals surface area contributed by atoms with Crippen molar-refractivity contribution in [3.05, 3.63) is 60.2 Å². The molecule has 2 unspecified atom stereocenters. The number of likely N-dealkylation sites (tertiary alicyclic amines) is 1. The van der Waals surface area contributed by atoms with Gasteiger partial charge < -0.3 is 5.32 Å². The number of nitrogens with one attached hydrogen (secondary N) is 1. The second-order valence-corrected chi connectivity index (χ2v) is 8.45. The van der Waals surface area contributed by atoms with Crippen molar-refractivity contribution in [3.63, 3.8) is 0 Å². The number of aromatic nitrogens is 2. The molecule has 1 amide bonds. The smallest absolute Gasteiger partial charge is 0.225 e. The highest BCUT2D eigenvalue weighted by molar-refractivity contribution is 5.81. The average molecular weight is 367 g/mol. The summed E-state index contributed by atoms with van der Waals surface area (Å²) in [6.45, 7) is 8.81. The first-order chi connectivity index (χ1) is 12.9. The van der Waals surface area contributed by atoms with Crippen molar-refractivity contribution >= 4 is 5.91 Å². The van der Waals surface area contributed by atoms with Crippen LogP contribution in [0.25, 0.3) is 0 Å². The second kappa shape index (κ2) is 8.61. The maximum atomic E-state index is 12.7. The molecule has 1 N–H and O–H groups in total. The van der Waals surface area contributed by atoms with Gasteiger partial charge in [-0.1, -0.05) is 26.8 Å².